The van der Waals surface area contributed by atoms with Gasteiger partial charge in [-0.15, -0.1) is 0 Å². The van der Waals surface area contributed by atoms with Crippen LogP contribution in [0, 0.1) is 22.5 Å². The number of thiol groups is 1. The van der Waals surface area contributed by atoms with E-state index in [2.05, 4.69) is 26.5 Å². The molecule has 1 aromatic carbocycles. The van der Waals surface area contributed by atoms with Crippen molar-refractivity contribution >= 4 is 18.3 Å². The first-order valence-electron chi connectivity index (χ1n) is 6.47. The zero-order valence-corrected chi connectivity index (χ0v) is 12.6. The fourth-order valence-electron chi connectivity index (χ4n) is 1.91. The molecule has 4 nitrogen and oxygen atoms in total. The van der Waals surface area contributed by atoms with Crippen LogP contribution < -0.4 is 4.74 Å². The normalized spacial score (nSPS) is 11.4. The largest absolute Gasteiger partial charge is 0.492 e. The van der Waals surface area contributed by atoms with E-state index in [0.717, 1.165) is 18.6 Å². The smallest absolute Gasteiger partial charge is 0.276 e. The number of nitro benzene ring substituents is 1. The Bertz CT molecular complexity index is 436. The minimum atomic E-state index is -0.381. The summed E-state index contributed by atoms with van der Waals surface area (Å²) in [6.07, 6.45) is 1.95. The first-order chi connectivity index (χ1) is 8.99. The number of nitro groups is 1. The Balaban J connectivity index is 2.89. The average molecular weight is 283 g/mol. The summed E-state index contributed by atoms with van der Waals surface area (Å²) in [5.41, 5.74) is 0.704. The van der Waals surface area contributed by atoms with Crippen LogP contribution in [-0.2, 0) is 0 Å². The SMILES string of the molecule is CCC(CC)(CS)COc1cccc([N+](=O)[O-])c1C. The Morgan fingerprint density at radius 2 is 2.00 bits per heavy atom. The van der Waals surface area contributed by atoms with Gasteiger partial charge < -0.3 is 4.74 Å². The second-order valence-electron chi connectivity index (χ2n) is 4.81. The summed E-state index contributed by atoms with van der Waals surface area (Å²) in [5, 5.41) is 10.9. The molecule has 1 rings (SSSR count). The lowest BCUT2D eigenvalue weighted by molar-refractivity contribution is -0.385. The van der Waals surface area contributed by atoms with E-state index in [1.165, 1.54) is 6.07 Å². The fourth-order valence-corrected chi connectivity index (χ4v) is 2.45. The number of ether oxygens (including phenoxy) is 1. The Labute approximate surface area is 119 Å². The Kier molecular flexibility index (Phi) is 5.66. The lowest BCUT2D eigenvalue weighted by atomic mass is 9.85. The molecule has 0 aromatic heterocycles. The van der Waals surface area contributed by atoms with Crippen LogP contribution in [0.1, 0.15) is 32.3 Å². The molecular weight excluding hydrogens is 262 g/mol. The summed E-state index contributed by atoms with van der Waals surface area (Å²) in [6, 6.07) is 4.92. The summed E-state index contributed by atoms with van der Waals surface area (Å²) in [4.78, 5) is 10.5. The first-order valence-corrected chi connectivity index (χ1v) is 7.10. The van der Waals surface area contributed by atoms with Crippen molar-refractivity contribution in [3.05, 3.63) is 33.9 Å². The molecule has 5 heteroatoms. The molecule has 0 atom stereocenters. The van der Waals surface area contributed by atoms with Crippen molar-refractivity contribution in [3.63, 3.8) is 0 Å². The third kappa shape index (κ3) is 3.62. The van der Waals surface area contributed by atoms with Gasteiger partial charge in [0.05, 0.1) is 17.1 Å². The molecule has 19 heavy (non-hydrogen) atoms. The molecule has 0 bridgehead atoms. The Morgan fingerprint density at radius 1 is 1.37 bits per heavy atom. The van der Waals surface area contributed by atoms with E-state index in [-0.39, 0.29) is 16.0 Å². The summed E-state index contributed by atoms with van der Waals surface area (Å²) in [5.74, 6) is 1.33. The number of rotatable bonds is 7. The van der Waals surface area contributed by atoms with Crippen molar-refractivity contribution in [2.24, 2.45) is 5.41 Å². The molecule has 0 fully saturated rings. The molecule has 0 saturated carbocycles. The number of hydrogen-bond acceptors (Lipinski definition) is 4. The highest BCUT2D eigenvalue weighted by atomic mass is 32.1. The summed E-state index contributed by atoms with van der Waals surface area (Å²) in [7, 11) is 0. The van der Waals surface area contributed by atoms with Crippen LogP contribution in [0.25, 0.3) is 0 Å². The van der Waals surface area contributed by atoms with Gasteiger partial charge in [-0.25, -0.2) is 0 Å². The van der Waals surface area contributed by atoms with E-state index in [1.807, 2.05) is 0 Å². The third-order valence-corrected chi connectivity index (χ3v) is 4.49. The molecule has 0 aliphatic rings. The van der Waals surface area contributed by atoms with Crippen LogP contribution in [-0.4, -0.2) is 17.3 Å². The lowest BCUT2D eigenvalue weighted by Crippen LogP contribution is -2.29. The van der Waals surface area contributed by atoms with E-state index in [1.54, 1.807) is 19.1 Å². The van der Waals surface area contributed by atoms with Gasteiger partial charge in [-0.2, -0.15) is 12.6 Å². The van der Waals surface area contributed by atoms with E-state index < -0.39 is 0 Å². The van der Waals surface area contributed by atoms with Crippen LogP contribution in [0.15, 0.2) is 18.2 Å². The monoisotopic (exact) mass is 283 g/mol. The Morgan fingerprint density at radius 3 is 2.47 bits per heavy atom. The van der Waals surface area contributed by atoms with Gasteiger partial charge in [-0.05, 0) is 31.6 Å². The summed E-state index contributed by atoms with van der Waals surface area (Å²) < 4.78 is 5.81. The van der Waals surface area contributed by atoms with Gasteiger partial charge in [0, 0.05) is 11.5 Å². The van der Waals surface area contributed by atoms with Crippen LogP contribution >= 0.6 is 12.6 Å². The molecule has 106 valence electrons. The van der Waals surface area contributed by atoms with Crippen molar-refractivity contribution in [2.75, 3.05) is 12.4 Å². The molecular formula is C14H21NO3S. The molecule has 0 N–H and O–H groups in total. The maximum Gasteiger partial charge on any atom is 0.276 e. The lowest BCUT2D eigenvalue weighted by Gasteiger charge is -2.29. The van der Waals surface area contributed by atoms with Crippen LogP contribution in [0.3, 0.4) is 0 Å². The quantitative estimate of drug-likeness (QED) is 0.467. The van der Waals surface area contributed by atoms with E-state index in [4.69, 9.17) is 4.74 Å². The van der Waals surface area contributed by atoms with E-state index >= 15 is 0 Å². The van der Waals surface area contributed by atoms with Crippen molar-refractivity contribution in [1.29, 1.82) is 0 Å². The highest BCUT2D eigenvalue weighted by molar-refractivity contribution is 7.80. The number of benzene rings is 1. The maximum absolute atomic E-state index is 10.9. The van der Waals surface area contributed by atoms with Gasteiger partial charge in [-0.1, -0.05) is 19.9 Å². The third-order valence-electron chi connectivity index (χ3n) is 3.82. The maximum atomic E-state index is 10.9. The highest BCUT2D eigenvalue weighted by Gasteiger charge is 2.26. The molecule has 0 aliphatic carbocycles. The molecule has 0 radical (unpaired) electrons. The summed E-state index contributed by atoms with van der Waals surface area (Å²) in [6.45, 7) is 6.48. The molecule has 0 amide bonds. The van der Waals surface area contributed by atoms with Crippen LogP contribution in [0.2, 0.25) is 0 Å². The predicted octanol–water partition coefficient (Wildman–Crippen LogP) is 4.02. The Hall–Kier alpha value is -1.23. The van der Waals surface area contributed by atoms with Crippen molar-refractivity contribution < 1.29 is 9.66 Å². The minimum absolute atomic E-state index is 0.0279. The molecule has 0 unspecified atom stereocenters. The van der Waals surface area contributed by atoms with Gasteiger partial charge in [-0.3, -0.25) is 10.1 Å². The van der Waals surface area contributed by atoms with E-state index in [9.17, 15) is 10.1 Å². The average Bonchev–Trinajstić information content (AvgIpc) is 2.42. The summed E-state index contributed by atoms with van der Waals surface area (Å²) >= 11 is 4.40. The topological polar surface area (TPSA) is 52.4 Å². The van der Waals surface area contributed by atoms with Crippen molar-refractivity contribution in [1.82, 2.24) is 0 Å². The second-order valence-corrected chi connectivity index (χ2v) is 5.13. The first kappa shape index (κ1) is 15.8. The molecule has 0 spiro atoms. The zero-order valence-electron chi connectivity index (χ0n) is 11.7. The van der Waals surface area contributed by atoms with Crippen molar-refractivity contribution in [2.45, 2.75) is 33.6 Å². The standard InChI is InChI=1S/C14H21NO3S/c1-4-14(5-2,10-19)9-18-13-8-6-7-12(11(13)3)15(16)17/h6-8,19H,4-5,9-10H2,1-3H3. The van der Waals surface area contributed by atoms with Gasteiger partial charge in [0.15, 0.2) is 0 Å². The second kappa shape index (κ2) is 6.80. The van der Waals surface area contributed by atoms with Gasteiger partial charge in [0.2, 0.25) is 0 Å². The zero-order chi connectivity index (χ0) is 14.5. The van der Waals surface area contributed by atoms with Crippen molar-refractivity contribution in [3.8, 4) is 5.75 Å². The molecule has 0 heterocycles. The van der Waals surface area contributed by atoms with Crippen LogP contribution in [0.5, 0.6) is 5.75 Å². The fraction of sp³-hybridized carbons (Fsp3) is 0.571. The van der Waals surface area contributed by atoms with E-state index in [0.29, 0.717) is 17.9 Å². The van der Waals surface area contributed by atoms with Gasteiger partial charge in [0.1, 0.15) is 5.75 Å². The number of hydrogen-bond donors (Lipinski definition) is 1. The minimum Gasteiger partial charge on any atom is -0.492 e. The van der Waals surface area contributed by atoms with Gasteiger partial charge in [0.25, 0.3) is 5.69 Å². The molecule has 1 aromatic rings. The highest BCUT2D eigenvalue weighted by Crippen LogP contribution is 2.32. The van der Waals surface area contributed by atoms with Gasteiger partial charge >= 0.3 is 0 Å². The predicted molar refractivity (Wildman–Crippen MR) is 80.2 cm³/mol. The molecule has 0 aliphatic heterocycles. The molecule has 0 saturated heterocycles. The van der Waals surface area contributed by atoms with Crippen LogP contribution in [0.4, 0.5) is 5.69 Å². The number of nitrogens with zero attached hydrogens (tertiary/aromatic N) is 1.